The van der Waals surface area contributed by atoms with Gasteiger partial charge in [-0.25, -0.2) is 0 Å². The van der Waals surface area contributed by atoms with Gasteiger partial charge in [0.05, 0.1) is 12.7 Å². The van der Waals surface area contributed by atoms with Crippen LogP contribution < -0.4 is 0 Å². The van der Waals surface area contributed by atoms with Gasteiger partial charge < -0.3 is 9.84 Å². The topological polar surface area (TPSA) is 29.5 Å². The molecular weight excluding hydrogens is 301 g/mol. The summed E-state index contributed by atoms with van der Waals surface area (Å²) in [6.45, 7) is -1.66. The first kappa shape index (κ1) is 14.5. The van der Waals surface area contributed by atoms with Crippen LogP contribution in [0.5, 0.6) is 0 Å². The van der Waals surface area contributed by atoms with Crippen molar-refractivity contribution in [3.8, 4) is 0 Å². The summed E-state index contributed by atoms with van der Waals surface area (Å²) in [4.78, 5) is 0. The van der Waals surface area contributed by atoms with E-state index in [2.05, 4.69) is 20.7 Å². The highest BCUT2D eigenvalue weighted by molar-refractivity contribution is 9.10. The predicted molar refractivity (Wildman–Crippen MR) is 60.7 cm³/mol. The van der Waals surface area contributed by atoms with E-state index < -0.39 is 18.9 Å². The van der Waals surface area contributed by atoms with Gasteiger partial charge >= 0.3 is 6.18 Å². The van der Waals surface area contributed by atoms with E-state index in [0.29, 0.717) is 0 Å². The van der Waals surface area contributed by atoms with E-state index >= 15 is 0 Å². The molecule has 1 N–H and O–H groups in total. The van der Waals surface area contributed by atoms with Crippen LogP contribution in [0.3, 0.4) is 0 Å². The van der Waals surface area contributed by atoms with E-state index in [-0.39, 0.29) is 13.0 Å². The normalized spacial score (nSPS) is 13.7. The molecule has 0 bridgehead atoms. The third-order valence-corrected chi connectivity index (χ3v) is 2.43. The summed E-state index contributed by atoms with van der Waals surface area (Å²) in [6, 6.07) is 7.21. The molecule has 0 aliphatic rings. The minimum Gasteiger partial charge on any atom is -0.390 e. The second-order valence-corrected chi connectivity index (χ2v) is 4.53. The molecule has 0 saturated heterocycles. The molecule has 96 valence electrons. The smallest absolute Gasteiger partial charge is 0.390 e. The first-order valence-corrected chi connectivity index (χ1v) is 5.73. The Hall–Kier alpha value is -0.590. The lowest BCUT2D eigenvalue weighted by atomic mass is 10.1. The average molecular weight is 313 g/mol. The second-order valence-electron chi connectivity index (χ2n) is 3.62. The van der Waals surface area contributed by atoms with Gasteiger partial charge in [-0.3, -0.25) is 0 Å². The molecule has 0 saturated carbocycles. The number of alkyl halides is 3. The molecule has 0 radical (unpaired) electrons. The van der Waals surface area contributed by atoms with Crippen LogP contribution in [0.1, 0.15) is 5.56 Å². The van der Waals surface area contributed by atoms with Crippen LogP contribution in [0.2, 0.25) is 0 Å². The number of rotatable bonds is 5. The van der Waals surface area contributed by atoms with Crippen molar-refractivity contribution in [1.82, 2.24) is 0 Å². The van der Waals surface area contributed by atoms with Gasteiger partial charge in [-0.2, -0.15) is 13.2 Å². The van der Waals surface area contributed by atoms with Crippen LogP contribution >= 0.6 is 15.9 Å². The van der Waals surface area contributed by atoms with Crippen LogP contribution in [0.15, 0.2) is 28.7 Å². The van der Waals surface area contributed by atoms with E-state index in [4.69, 9.17) is 0 Å². The maximum absolute atomic E-state index is 11.8. The van der Waals surface area contributed by atoms with Crippen LogP contribution in [-0.2, 0) is 11.2 Å². The number of halogens is 4. The largest absolute Gasteiger partial charge is 0.411 e. The molecule has 1 aromatic rings. The molecule has 1 rings (SSSR count). The van der Waals surface area contributed by atoms with Gasteiger partial charge in [0.25, 0.3) is 0 Å². The zero-order chi connectivity index (χ0) is 12.9. The van der Waals surface area contributed by atoms with Crippen molar-refractivity contribution >= 4 is 15.9 Å². The molecule has 0 aliphatic heterocycles. The van der Waals surface area contributed by atoms with Gasteiger partial charge in [-0.15, -0.1) is 0 Å². The third-order valence-electron chi connectivity index (χ3n) is 1.94. The predicted octanol–water partition coefficient (Wildman–Crippen LogP) is 2.93. The van der Waals surface area contributed by atoms with Crippen LogP contribution in [0.4, 0.5) is 13.2 Å². The Morgan fingerprint density at radius 3 is 2.65 bits per heavy atom. The molecule has 0 aromatic heterocycles. The summed E-state index contributed by atoms with van der Waals surface area (Å²) in [5.41, 5.74) is 0.836. The van der Waals surface area contributed by atoms with E-state index in [1.807, 2.05) is 6.07 Å². The highest BCUT2D eigenvalue weighted by Gasteiger charge is 2.27. The van der Waals surface area contributed by atoms with Crippen molar-refractivity contribution in [2.24, 2.45) is 0 Å². The summed E-state index contributed by atoms with van der Waals surface area (Å²) >= 11 is 3.27. The van der Waals surface area contributed by atoms with E-state index in [0.717, 1.165) is 10.0 Å². The maximum atomic E-state index is 11.8. The Labute approximate surface area is 106 Å². The second kappa shape index (κ2) is 6.37. The lowest BCUT2D eigenvalue weighted by Gasteiger charge is -2.12. The molecule has 0 spiro atoms. The van der Waals surface area contributed by atoms with Gasteiger partial charge in [-0.05, 0) is 17.7 Å². The first-order chi connectivity index (χ1) is 7.87. The fraction of sp³-hybridized carbons (Fsp3) is 0.455. The molecule has 1 unspecified atom stereocenters. The number of ether oxygens (including phenoxy) is 1. The van der Waals surface area contributed by atoms with Crippen molar-refractivity contribution < 1.29 is 23.0 Å². The molecule has 0 amide bonds. The Kier molecular flexibility index (Phi) is 5.42. The van der Waals surface area contributed by atoms with Crippen LogP contribution in [-0.4, -0.2) is 30.6 Å². The number of aliphatic hydroxyl groups is 1. The van der Waals surface area contributed by atoms with E-state index in [1.54, 1.807) is 18.2 Å². The zero-order valence-electron chi connectivity index (χ0n) is 8.88. The molecule has 1 aromatic carbocycles. The fourth-order valence-electron chi connectivity index (χ4n) is 1.31. The minimum absolute atomic E-state index is 0.261. The highest BCUT2D eigenvalue weighted by Crippen LogP contribution is 2.16. The zero-order valence-corrected chi connectivity index (χ0v) is 10.5. The number of hydrogen-bond donors (Lipinski definition) is 1. The molecule has 2 nitrogen and oxygen atoms in total. The molecule has 6 heteroatoms. The average Bonchev–Trinajstić information content (AvgIpc) is 2.15. The van der Waals surface area contributed by atoms with Crippen molar-refractivity contribution in [2.45, 2.75) is 18.7 Å². The Balaban J connectivity index is 2.32. The lowest BCUT2D eigenvalue weighted by molar-refractivity contribution is -0.179. The third kappa shape index (κ3) is 6.65. The van der Waals surface area contributed by atoms with Gasteiger partial charge in [0, 0.05) is 10.9 Å². The SMILES string of the molecule is OC(COCC(F)(F)F)Cc1cccc(Br)c1. The van der Waals surface area contributed by atoms with Gasteiger partial charge in [-0.1, -0.05) is 28.1 Å². The van der Waals surface area contributed by atoms with Crippen molar-refractivity contribution in [1.29, 1.82) is 0 Å². The summed E-state index contributed by atoms with van der Waals surface area (Å²) in [5, 5.41) is 9.48. The number of hydrogen-bond acceptors (Lipinski definition) is 2. The minimum atomic E-state index is -4.35. The van der Waals surface area contributed by atoms with Crippen LogP contribution in [0, 0.1) is 0 Å². The van der Waals surface area contributed by atoms with E-state index in [1.165, 1.54) is 0 Å². The quantitative estimate of drug-likeness (QED) is 0.906. The monoisotopic (exact) mass is 312 g/mol. The van der Waals surface area contributed by atoms with Gasteiger partial charge in [0.1, 0.15) is 6.61 Å². The molecule has 17 heavy (non-hydrogen) atoms. The standard InChI is InChI=1S/C11H12BrF3O2/c12-9-3-1-2-8(4-9)5-10(16)6-17-7-11(13,14)15/h1-4,10,16H,5-7H2. The Morgan fingerprint density at radius 1 is 1.35 bits per heavy atom. The summed E-state index contributed by atoms with van der Waals surface area (Å²) < 4.78 is 40.6. The molecule has 0 fully saturated rings. The summed E-state index contributed by atoms with van der Waals surface area (Å²) in [7, 11) is 0. The fourth-order valence-corrected chi connectivity index (χ4v) is 1.75. The Bertz CT molecular complexity index is 355. The molecule has 1 atom stereocenters. The number of aliphatic hydroxyl groups excluding tert-OH is 1. The van der Waals surface area contributed by atoms with Crippen molar-refractivity contribution in [2.75, 3.05) is 13.2 Å². The number of benzene rings is 1. The van der Waals surface area contributed by atoms with Gasteiger partial charge in [0.15, 0.2) is 0 Å². The molecule has 0 heterocycles. The van der Waals surface area contributed by atoms with Crippen molar-refractivity contribution in [3.63, 3.8) is 0 Å². The Morgan fingerprint density at radius 2 is 2.06 bits per heavy atom. The van der Waals surface area contributed by atoms with E-state index in [9.17, 15) is 18.3 Å². The van der Waals surface area contributed by atoms with Crippen molar-refractivity contribution in [3.05, 3.63) is 34.3 Å². The summed E-state index contributed by atoms with van der Waals surface area (Å²) in [5.74, 6) is 0. The molecular formula is C11H12BrF3O2. The highest BCUT2D eigenvalue weighted by atomic mass is 79.9. The first-order valence-electron chi connectivity index (χ1n) is 4.94. The maximum Gasteiger partial charge on any atom is 0.411 e. The summed E-state index contributed by atoms with van der Waals surface area (Å²) in [6.07, 6.45) is -5.03. The molecule has 0 aliphatic carbocycles. The van der Waals surface area contributed by atoms with Gasteiger partial charge in [0.2, 0.25) is 0 Å². The lowest BCUT2D eigenvalue weighted by Crippen LogP contribution is -2.24. The van der Waals surface area contributed by atoms with Crippen LogP contribution in [0.25, 0.3) is 0 Å².